The molecule has 0 amide bonds. The minimum Gasteiger partial charge on any atom is -0.433 e. The van der Waals surface area contributed by atoms with Crippen LogP contribution < -0.4 is 0 Å². The van der Waals surface area contributed by atoms with Crippen molar-refractivity contribution in [1.29, 1.82) is 0 Å². The molecule has 0 rings (SSSR count). The first-order chi connectivity index (χ1) is 3.66. The number of hydrogen-bond acceptors (Lipinski definition) is 2. The second-order valence-corrected chi connectivity index (χ2v) is 2.60. The van der Waals surface area contributed by atoms with E-state index in [1.165, 1.54) is 0 Å². The number of rotatable bonds is 2. The molecule has 0 aliphatic heterocycles. The highest BCUT2D eigenvalue weighted by Gasteiger charge is 2.04. The van der Waals surface area contributed by atoms with E-state index in [-0.39, 0.29) is 0 Å². The zero-order chi connectivity index (χ0) is 6.57. The second kappa shape index (κ2) is 4.64. The molecule has 0 aromatic rings. The Bertz CT molecular complexity index is 87.4. The fourth-order valence-corrected chi connectivity index (χ4v) is 0.546. The molecule has 2 nitrogen and oxygen atoms in total. The van der Waals surface area contributed by atoms with Crippen LogP contribution >= 0.6 is 45.8 Å². The first-order valence-corrected chi connectivity index (χ1v) is 4.07. The molecule has 1 unspecified atom stereocenters. The molecule has 0 N–H and O–H groups in total. The number of carbonyl (C=O) groups excluding carboxylic acids is 1. The molecule has 1 atom stereocenters. The summed E-state index contributed by atoms with van der Waals surface area (Å²) < 4.78 is 4.82. The normalized spacial score (nSPS) is 12.9. The summed E-state index contributed by atoms with van der Waals surface area (Å²) in [6.45, 7) is 0. The third-order valence-corrected chi connectivity index (χ3v) is 1.99. The molecule has 0 aromatic carbocycles. The molecule has 0 aliphatic rings. The Morgan fingerprint density at radius 2 is 2.38 bits per heavy atom. The van der Waals surface area contributed by atoms with E-state index in [1.807, 2.05) is 22.6 Å². The minimum absolute atomic E-state index is 0.539. The maximum atomic E-state index is 9.87. The first-order valence-electron chi connectivity index (χ1n) is 1.73. The van der Waals surface area contributed by atoms with E-state index in [2.05, 4.69) is 4.74 Å². The molecule has 5 heteroatoms. The molecule has 0 spiro atoms. The zero-order valence-electron chi connectivity index (χ0n) is 3.73. The molecular weight excluding hydrogens is 266 g/mol. The minimum atomic E-state index is -0.860. The van der Waals surface area contributed by atoms with Crippen molar-refractivity contribution in [2.75, 3.05) is 4.43 Å². The van der Waals surface area contributed by atoms with Crippen molar-refractivity contribution in [2.45, 2.75) is 5.56 Å². The topological polar surface area (TPSA) is 26.3 Å². The predicted octanol–water partition coefficient (Wildman–Crippen LogP) is 2.36. The lowest BCUT2D eigenvalue weighted by atomic mass is 10.9. The van der Waals surface area contributed by atoms with Gasteiger partial charge in [-0.3, -0.25) is 0 Å². The summed E-state index contributed by atoms with van der Waals surface area (Å²) in [6, 6.07) is 0. The van der Waals surface area contributed by atoms with E-state index >= 15 is 0 Å². The van der Waals surface area contributed by atoms with Crippen LogP contribution in [0.4, 0.5) is 4.79 Å². The van der Waals surface area contributed by atoms with Gasteiger partial charge in [0.25, 0.3) is 0 Å². The summed E-state index contributed by atoms with van der Waals surface area (Å²) in [5, 5.41) is 0. The fraction of sp³-hybridized carbons (Fsp3) is 0.667. The van der Waals surface area contributed by atoms with E-state index in [9.17, 15) is 4.79 Å². The van der Waals surface area contributed by atoms with E-state index in [0.717, 1.165) is 0 Å². The second-order valence-electron chi connectivity index (χ2n) is 0.920. The van der Waals surface area contributed by atoms with Crippen molar-refractivity contribution in [3.05, 3.63) is 0 Å². The Morgan fingerprint density at radius 1 is 1.88 bits per heavy atom. The van der Waals surface area contributed by atoms with Crippen LogP contribution in [0.3, 0.4) is 0 Å². The Morgan fingerprint density at radius 3 is 2.50 bits per heavy atom. The summed E-state index contributed by atoms with van der Waals surface area (Å²) in [7, 11) is 0. The molecule has 0 heterocycles. The van der Waals surface area contributed by atoms with Gasteiger partial charge in [-0.15, -0.1) is 0 Å². The molecule has 0 saturated heterocycles. The number of halogens is 3. The molecule has 0 aliphatic carbocycles. The van der Waals surface area contributed by atoms with Crippen molar-refractivity contribution in [3.8, 4) is 0 Å². The monoisotopic (exact) mass is 268 g/mol. The van der Waals surface area contributed by atoms with E-state index in [0.29, 0.717) is 4.43 Å². The molecule has 0 aromatic heterocycles. The van der Waals surface area contributed by atoms with Crippen LogP contribution in [0.2, 0.25) is 0 Å². The zero-order valence-corrected chi connectivity index (χ0v) is 7.40. The molecule has 0 radical (unpaired) electrons. The van der Waals surface area contributed by atoms with Gasteiger partial charge in [0.05, 0.1) is 4.43 Å². The van der Waals surface area contributed by atoms with Gasteiger partial charge in [-0.05, 0) is 0 Å². The third-order valence-electron chi connectivity index (χ3n) is 0.342. The maximum Gasteiger partial charge on any atom is 0.405 e. The van der Waals surface area contributed by atoms with Crippen molar-refractivity contribution >= 4 is 51.2 Å². The molecule has 48 valence electrons. The Balaban J connectivity index is 3.24. The van der Waals surface area contributed by atoms with Crippen molar-refractivity contribution in [2.24, 2.45) is 0 Å². The van der Waals surface area contributed by atoms with Crippen molar-refractivity contribution in [3.63, 3.8) is 0 Å². The molecular formula is C3H3Cl2IO2. The Kier molecular flexibility index (Phi) is 5.09. The largest absolute Gasteiger partial charge is 0.433 e. The van der Waals surface area contributed by atoms with Gasteiger partial charge in [0, 0.05) is 11.6 Å². The molecule has 0 bridgehead atoms. The lowest BCUT2D eigenvalue weighted by Gasteiger charge is -2.01. The van der Waals surface area contributed by atoms with Gasteiger partial charge in [-0.1, -0.05) is 34.2 Å². The SMILES string of the molecule is O=C(Cl)OC(Cl)CI. The third kappa shape index (κ3) is 4.93. The lowest BCUT2D eigenvalue weighted by molar-refractivity contribution is 0.168. The number of ether oxygens (including phenoxy) is 1. The highest BCUT2D eigenvalue weighted by molar-refractivity contribution is 14.1. The highest BCUT2D eigenvalue weighted by Crippen LogP contribution is 2.04. The van der Waals surface area contributed by atoms with Crippen LogP contribution in [-0.2, 0) is 4.74 Å². The van der Waals surface area contributed by atoms with Crippen LogP contribution in [0, 0.1) is 0 Å². The van der Waals surface area contributed by atoms with Crippen molar-refractivity contribution < 1.29 is 9.53 Å². The van der Waals surface area contributed by atoms with E-state index in [4.69, 9.17) is 23.2 Å². The number of alkyl halides is 2. The van der Waals surface area contributed by atoms with E-state index in [1.54, 1.807) is 0 Å². The van der Waals surface area contributed by atoms with Gasteiger partial charge in [-0.25, -0.2) is 4.79 Å². The summed E-state index contributed by atoms with van der Waals surface area (Å²) in [5.41, 5.74) is -1.46. The quantitative estimate of drug-likeness (QED) is 0.437. The van der Waals surface area contributed by atoms with Gasteiger partial charge < -0.3 is 4.74 Å². The molecule has 8 heavy (non-hydrogen) atoms. The molecule has 0 fully saturated rings. The van der Waals surface area contributed by atoms with Crippen LogP contribution in [0.15, 0.2) is 0 Å². The van der Waals surface area contributed by atoms with E-state index < -0.39 is 11.0 Å². The number of hydrogen-bond donors (Lipinski definition) is 0. The van der Waals surface area contributed by atoms with Gasteiger partial charge >= 0.3 is 5.43 Å². The standard InChI is InChI=1S/C3H3Cl2IO2/c4-2(1-6)8-3(5)7/h2H,1H2. The van der Waals surface area contributed by atoms with Gasteiger partial charge in [0.2, 0.25) is 0 Å². The van der Waals surface area contributed by atoms with Gasteiger partial charge in [-0.2, -0.15) is 0 Å². The summed E-state index contributed by atoms with van der Waals surface area (Å²) >= 11 is 12.1. The summed E-state index contributed by atoms with van der Waals surface area (Å²) in [6.07, 6.45) is 0. The van der Waals surface area contributed by atoms with Crippen LogP contribution in [-0.4, -0.2) is 15.4 Å². The summed E-state index contributed by atoms with van der Waals surface area (Å²) in [4.78, 5) is 9.87. The Hall–Kier alpha value is 0.780. The summed E-state index contributed by atoms with van der Waals surface area (Å²) in [5.74, 6) is 0. The van der Waals surface area contributed by atoms with Gasteiger partial charge in [0.15, 0.2) is 5.56 Å². The highest BCUT2D eigenvalue weighted by atomic mass is 127. The Labute approximate surface area is 70.6 Å². The first kappa shape index (κ1) is 8.78. The molecule has 0 saturated carbocycles. The predicted molar refractivity (Wildman–Crippen MR) is 40.9 cm³/mol. The average Bonchev–Trinajstić information content (AvgIpc) is 1.65. The smallest absolute Gasteiger partial charge is 0.405 e. The van der Waals surface area contributed by atoms with Crippen molar-refractivity contribution in [1.82, 2.24) is 0 Å². The van der Waals surface area contributed by atoms with Crippen LogP contribution in [0.1, 0.15) is 0 Å². The maximum absolute atomic E-state index is 9.87. The van der Waals surface area contributed by atoms with Crippen LogP contribution in [0.5, 0.6) is 0 Å². The van der Waals surface area contributed by atoms with Gasteiger partial charge in [0.1, 0.15) is 0 Å². The van der Waals surface area contributed by atoms with Crippen LogP contribution in [0.25, 0.3) is 0 Å². The lowest BCUT2D eigenvalue weighted by Crippen LogP contribution is -2.07. The number of carbonyl (C=O) groups is 1. The fourth-order valence-electron chi connectivity index (χ4n) is 0.132. The average molecular weight is 269 g/mol.